The Hall–Kier alpha value is -0.590. The summed E-state index contributed by atoms with van der Waals surface area (Å²) < 4.78 is 2.68. The van der Waals surface area contributed by atoms with Crippen molar-refractivity contribution in [2.75, 3.05) is 0 Å². The van der Waals surface area contributed by atoms with Crippen LogP contribution in [0.2, 0.25) is 0 Å². The Kier molecular flexibility index (Phi) is 3.07. The van der Waals surface area contributed by atoms with Gasteiger partial charge in [0.1, 0.15) is 0 Å². The summed E-state index contributed by atoms with van der Waals surface area (Å²) in [7, 11) is 0. The minimum atomic E-state index is -0.798. The molecule has 1 N–H and O–H groups in total. The molecule has 0 fully saturated rings. The lowest BCUT2D eigenvalue weighted by molar-refractivity contribution is -0.137. The summed E-state index contributed by atoms with van der Waals surface area (Å²) in [5.74, 6) is -0.798. The molecule has 0 bridgehead atoms. The number of hydrogen-bond donors (Lipinski definition) is 1. The summed E-state index contributed by atoms with van der Waals surface area (Å²) in [6.45, 7) is 1.83. The molecule has 1 rings (SSSR count). The van der Waals surface area contributed by atoms with Crippen molar-refractivity contribution in [1.29, 1.82) is 0 Å². The number of aromatic nitrogens is 2. The normalized spacial score (nSPS) is 12.8. The van der Waals surface area contributed by atoms with E-state index in [1.165, 1.54) is 0 Å². The largest absolute Gasteiger partial charge is 0.481 e. The number of hydrogen-bond acceptors (Lipinski definition) is 2. The highest BCUT2D eigenvalue weighted by molar-refractivity contribution is 14.1. The van der Waals surface area contributed by atoms with Gasteiger partial charge in [-0.15, -0.1) is 0 Å². The van der Waals surface area contributed by atoms with Crippen LogP contribution >= 0.6 is 22.6 Å². The maximum atomic E-state index is 10.3. The fourth-order valence-corrected chi connectivity index (χ4v) is 1.31. The first-order chi connectivity index (χ1) is 5.59. The zero-order chi connectivity index (χ0) is 9.14. The van der Waals surface area contributed by atoms with Gasteiger partial charge in [0.2, 0.25) is 0 Å². The fourth-order valence-electron chi connectivity index (χ4n) is 0.902. The van der Waals surface area contributed by atoms with Gasteiger partial charge in [-0.1, -0.05) is 0 Å². The summed E-state index contributed by atoms with van der Waals surface area (Å²) in [6, 6.07) is -0.0778. The number of nitrogens with zero attached hydrogens (tertiary/aromatic N) is 2. The van der Waals surface area contributed by atoms with E-state index in [2.05, 4.69) is 27.7 Å². The predicted molar refractivity (Wildman–Crippen MR) is 51.9 cm³/mol. The molecule has 0 saturated carbocycles. The molecule has 0 spiro atoms. The lowest BCUT2D eigenvalue weighted by atomic mass is 10.2. The Morgan fingerprint density at radius 1 is 1.92 bits per heavy atom. The van der Waals surface area contributed by atoms with E-state index < -0.39 is 5.97 Å². The van der Waals surface area contributed by atoms with E-state index in [1.54, 1.807) is 10.9 Å². The van der Waals surface area contributed by atoms with Gasteiger partial charge >= 0.3 is 5.97 Å². The quantitative estimate of drug-likeness (QED) is 0.854. The van der Waals surface area contributed by atoms with Crippen LogP contribution in [0.3, 0.4) is 0 Å². The first-order valence-corrected chi connectivity index (χ1v) is 4.59. The number of rotatable bonds is 3. The average molecular weight is 280 g/mol. The van der Waals surface area contributed by atoms with Crippen molar-refractivity contribution in [2.24, 2.45) is 0 Å². The highest BCUT2D eigenvalue weighted by atomic mass is 127. The molecule has 0 amide bonds. The Bertz CT molecular complexity index is 285. The van der Waals surface area contributed by atoms with Gasteiger partial charge in [-0.25, -0.2) is 0 Å². The molecule has 1 aromatic heterocycles. The van der Waals surface area contributed by atoms with E-state index in [9.17, 15) is 4.79 Å². The van der Waals surface area contributed by atoms with Crippen LogP contribution < -0.4 is 0 Å². The van der Waals surface area contributed by atoms with Crippen LogP contribution in [0.4, 0.5) is 0 Å². The zero-order valence-electron chi connectivity index (χ0n) is 6.57. The van der Waals surface area contributed by atoms with Gasteiger partial charge in [0.15, 0.2) is 0 Å². The third-order valence-corrected chi connectivity index (χ3v) is 2.05. The second-order valence-electron chi connectivity index (χ2n) is 2.59. The van der Waals surface area contributed by atoms with E-state index in [-0.39, 0.29) is 12.5 Å². The third kappa shape index (κ3) is 2.47. The van der Waals surface area contributed by atoms with Gasteiger partial charge in [-0.2, -0.15) is 5.10 Å². The number of aliphatic carboxylic acids is 1. The summed E-state index contributed by atoms with van der Waals surface area (Å²) in [6.07, 6.45) is 3.64. The van der Waals surface area contributed by atoms with Crippen LogP contribution in [-0.4, -0.2) is 20.9 Å². The Morgan fingerprint density at radius 3 is 3.00 bits per heavy atom. The minimum absolute atomic E-state index is 0.0778. The van der Waals surface area contributed by atoms with Crippen molar-refractivity contribution >= 4 is 28.6 Å². The van der Waals surface area contributed by atoms with Crippen LogP contribution in [0, 0.1) is 3.57 Å². The SMILES string of the molecule is CC(CC(=O)O)n1cc(I)cn1. The first kappa shape index (κ1) is 9.50. The monoisotopic (exact) mass is 280 g/mol. The van der Waals surface area contributed by atoms with Gasteiger partial charge in [-0.05, 0) is 29.5 Å². The van der Waals surface area contributed by atoms with Crippen molar-refractivity contribution in [3.8, 4) is 0 Å². The molecule has 0 radical (unpaired) electrons. The molecule has 0 aliphatic carbocycles. The van der Waals surface area contributed by atoms with Crippen molar-refractivity contribution in [2.45, 2.75) is 19.4 Å². The van der Waals surface area contributed by atoms with Crippen molar-refractivity contribution < 1.29 is 9.90 Å². The van der Waals surface area contributed by atoms with Crippen molar-refractivity contribution in [1.82, 2.24) is 9.78 Å². The average Bonchev–Trinajstić information content (AvgIpc) is 2.34. The summed E-state index contributed by atoms with van der Waals surface area (Å²) in [5.41, 5.74) is 0. The van der Waals surface area contributed by atoms with Gasteiger partial charge < -0.3 is 5.11 Å². The van der Waals surface area contributed by atoms with Crippen molar-refractivity contribution in [3.05, 3.63) is 16.0 Å². The molecule has 1 aromatic rings. The number of carboxylic acids is 1. The third-order valence-electron chi connectivity index (χ3n) is 1.49. The zero-order valence-corrected chi connectivity index (χ0v) is 8.72. The number of carboxylic acid groups (broad SMARTS) is 1. The van der Waals surface area contributed by atoms with Crippen LogP contribution in [0.25, 0.3) is 0 Å². The molecule has 1 heterocycles. The van der Waals surface area contributed by atoms with Crippen LogP contribution in [0.1, 0.15) is 19.4 Å². The molecule has 66 valence electrons. The predicted octanol–water partition coefficient (Wildman–Crippen LogP) is 1.52. The maximum absolute atomic E-state index is 10.3. The van der Waals surface area contributed by atoms with Gasteiger partial charge in [0.25, 0.3) is 0 Å². The molecule has 12 heavy (non-hydrogen) atoms. The number of carbonyl (C=O) groups is 1. The van der Waals surface area contributed by atoms with Crippen molar-refractivity contribution in [3.63, 3.8) is 0 Å². The molecular weight excluding hydrogens is 271 g/mol. The van der Waals surface area contributed by atoms with E-state index in [0.717, 1.165) is 3.57 Å². The Morgan fingerprint density at radius 2 is 2.58 bits per heavy atom. The van der Waals surface area contributed by atoms with Gasteiger partial charge in [0.05, 0.1) is 22.2 Å². The van der Waals surface area contributed by atoms with Gasteiger partial charge in [-0.3, -0.25) is 9.48 Å². The molecule has 0 aliphatic heterocycles. The van der Waals surface area contributed by atoms with Crippen LogP contribution in [-0.2, 0) is 4.79 Å². The molecule has 5 heteroatoms. The lowest BCUT2D eigenvalue weighted by Crippen LogP contribution is -2.10. The fraction of sp³-hybridized carbons (Fsp3) is 0.429. The molecule has 0 aliphatic rings. The van der Waals surface area contributed by atoms with E-state index in [1.807, 2.05) is 13.1 Å². The summed E-state index contributed by atoms with van der Waals surface area (Å²) >= 11 is 2.14. The molecule has 1 atom stereocenters. The smallest absolute Gasteiger partial charge is 0.305 e. The number of halogens is 1. The highest BCUT2D eigenvalue weighted by Gasteiger charge is 2.09. The second kappa shape index (κ2) is 3.88. The standard InChI is InChI=1S/C7H9IN2O2/c1-5(2-7(11)12)10-4-6(8)3-9-10/h3-5H,2H2,1H3,(H,11,12). The molecule has 0 aromatic carbocycles. The van der Waals surface area contributed by atoms with Gasteiger partial charge in [0, 0.05) is 6.20 Å². The molecule has 4 nitrogen and oxygen atoms in total. The highest BCUT2D eigenvalue weighted by Crippen LogP contribution is 2.11. The Balaban J connectivity index is 2.64. The maximum Gasteiger partial charge on any atom is 0.305 e. The second-order valence-corrected chi connectivity index (χ2v) is 3.83. The van der Waals surface area contributed by atoms with Crippen LogP contribution in [0.5, 0.6) is 0 Å². The lowest BCUT2D eigenvalue weighted by Gasteiger charge is -2.07. The first-order valence-electron chi connectivity index (χ1n) is 3.51. The molecule has 0 saturated heterocycles. The van der Waals surface area contributed by atoms with E-state index in [0.29, 0.717) is 0 Å². The van der Waals surface area contributed by atoms with Crippen LogP contribution in [0.15, 0.2) is 12.4 Å². The Labute approximate surface area is 83.7 Å². The van der Waals surface area contributed by atoms with E-state index in [4.69, 9.17) is 5.11 Å². The summed E-state index contributed by atoms with van der Waals surface area (Å²) in [4.78, 5) is 10.3. The minimum Gasteiger partial charge on any atom is -0.481 e. The summed E-state index contributed by atoms with van der Waals surface area (Å²) in [5, 5.41) is 12.5. The molecular formula is C7H9IN2O2. The topological polar surface area (TPSA) is 55.1 Å². The van der Waals surface area contributed by atoms with E-state index >= 15 is 0 Å². The molecule has 1 unspecified atom stereocenters.